The van der Waals surface area contributed by atoms with Crippen LogP contribution in [0.1, 0.15) is 56.9 Å². The molecule has 0 spiro atoms. The van der Waals surface area contributed by atoms with Gasteiger partial charge >= 0.3 is 5.97 Å². The van der Waals surface area contributed by atoms with Gasteiger partial charge in [0.15, 0.2) is 0 Å². The van der Waals surface area contributed by atoms with E-state index in [2.05, 4.69) is 29.2 Å². The number of Topliss-reactive ketones (excluding diaryl/α,β-unsaturated/α-hetero) is 1. The normalized spacial score (nSPS) is 14.7. The highest BCUT2D eigenvalue weighted by molar-refractivity contribution is 6.32. The van der Waals surface area contributed by atoms with Crippen LogP contribution in [0.4, 0.5) is 5.69 Å². The van der Waals surface area contributed by atoms with Gasteiger partial charge in [-0.3, -0.25) is 4.79 Å². The van der Waals surface area contributed by atoms with Gasteiger partial charge < -0.3 is 10.0 Å². The van der Waals surface area contributed by atoms with Crippen molar-refractivity contribution in [1.82, 2.24) is 0 Å². The number of carbonyl (C=O) groups excluding carboxylic acids is 1. The third kappa shape index (κ3) is 6.05. The molecular formula is C19H27NO3. The Bertz CT molecular complexity index is 504. The van der Waals surface area contributed by atoms with Gasteiger partial charge in [0.1, 0.15) is 0 Å². The molecule has 2 rings (SSSR count). The van der Waals surface area contributed by atoms with Crippen LogP contribution in [-0.2, 0) is 16.0 Å². The predicted molar refractivity (Wildman–Crippen MR) is 91.9 cm³/mol. The summed E-state index contributed by atoms with van der Waals surface area (Å²) in [6.07, 6.45) is 8.90. The first-order valence-electron chi connectivity index (χ1n) is 8.77. The minimum Gasteiger partial charge on any atom is -0.476 e. The fraction of sp³-hybridized carbons (Fsp3) is 0.579. The zero-order valence-corrected chi connectivity index (χ0v) is 13.8. The van der Waals surface area contributed by atoms with E-state index in [1.54, 1.807) is 0 Å². The second-order valence-electron chi connectivity index (χ2n) is 6.36. The van der Waals surface area contributed by atoms with Crippen LogP contribution in [0.15, 0.2) is 24.3 Å². The average molecular weight is 317 g/mol. The maximum absolute atomic E-state index is 11.0. The van der Waals surface area contributed by atoms with Crippen molar-refractivity contribution in [2.75, 3.05) is 18.0 Å². The molecule has 1 aromatic carbocycles. The lowest BCUT2D eigenvalue weighted by Gasteiger charge is -2.28. The smallest absolute Gasteiger partial charge is 0.372 e. The number of anilines is 1. The quantitative estimate of drug-likeness (QED) is 0.555. The van der Waals surface area contributed by atoms with Crippen LogP contribution in [-0.4, -0.2) is 29.9 Å². The molecule has 1 heterocycles. The van der Waals surface area contributed by atoms with Gasteiger partial charge in [0.2, 0.25) is 5.78 Å². The third-order valence-corrected chi connectivity index (χ3v) is 4.52. The Labute approximate surface area is 138 Å². The summed E-state index contributed by atoms with van der Waals surface area (Å²) in [5.74, 6) is -1.97. The Morgan fingerprint density at radius 3 is 2.22 bits per heavy atom. The summed E-state index contributed by atoms with van der Waals surface area (Å²) in [6, 6.07) is 8.90. The van der Waals surface area contributed by atoms with E-state index < -0.39 is 11.8 Å². The van der Waals surface area contributed by atoms with Crippen molar-refractivity contribution < 1.29 is 14.7 Å². The molecule has 1 saturated heterocycles. The van der Waals surface area contributed by atoms with Gasteiger partial charge in [0.05, 0.1) is 0 Å². The van der Waals surface area contributed by atoms with Crippen molar-refractivity contribution >= 4 is 17.4 Å². The molecule has 0 saturated carbocycles. The number of aryl methyl sites for hydroxylation is 1. The van der Waals surface area contributed by atoms with E-state index in [1.807, 2.05) is 0 Å². The highest BCUT2D eigenvalue weighted by Crippen LogP contribution is 2.21. The van der Waals surface area contributed by atoms with Crippen LogP contribution < -0.4 is 4.90 Å². The summed E-state index contributed by atoms with van der Waals surface area (Å²) < 4.78 is 0. The summed E-state index contributed by atoms with van der Waals surface area (Å²) in [5.41, 5.74) is 2.69. The molecule has 0 aromatic heterocycles. The zero-order valence-electron chi connectivity index (χ0n) is 13.8. The maximum Gasteiger partial charge on any atom is 0.372 e. The van der Waals surface area contributed by atoms with Gasteiger partial charge in [0.25, 0.3) is 0 Å². The molecule has 0 amide bonds. The number of benzene rings is 1. The third-order valence-electron chi connectivity index (χ3n) is 4.52. The van der Waals surface area contributed by atoms with Gasteiger partial charge in [0, 0.05) is 25.2 Å². The van der Waals surface area contributed by atoms with Crippen LogP contribution in [0.3, 0.4) is 0 Å². The van der Waals surface area contributed by atoms with Crippen LogP contribution in [0, 0.1) is 0 Å². The number of hydrogen-bond acceptors (Lipinski definition) is 3. The lowest BCUT2D eigenvalue weighted by atomic mass is 10.0. The second kappa shape index (κ2) is 9.33. The number of ketones is 1. The lowest BCUT2D eigenvalue weighted by Crippen LogP contribution is -2.29. The molecule has 1 fully saturated rings. The first kappa shape index (κ1) is 17.5. The molecule has 1 N–H and O–H groups in total. The van der Waals surface area contributed by atoms with Crippen molar-refractivity contribution in [2.24, 2.45) is 0 Å². The number of nitrogens with zero attached hydrogens (tertiary/aromatic N) is 1. The first-order valence-corrected chi connectivity index (χ1v) is 8.77. The van der Waals surface area contributed by atoms with Crippen molar-refractivity contribution in [3.05, 3.63) is 29.8 Å². The molecular weight excluding hydrogens is 290 g/mol. The average Bonchev–Trinajstić information content (AvgIpc) is 2.59. The SMILES string of the molecule is O=C(O)C(=O)CCCCCCc1ccc(N2CCCCC2)cc1. The van der Waals surface area contributed by atoms with Crippen molar-refractivity contribution in [3.63, 3.8) is 0 Å². The Kier molecular flexibility index (Phi) is 7.11. The van der Waals surface area contributed by atoms with E-state index in [4.69, 9.17) is 5.11 Å². The minimum atomic E-state index is -1.31. The molecule has 1 aliphatic rings. The van der Waals surface area contributed by atoms with Crippen LogP contribution in [0.25, 0.3) is 0 Å². The standard InChI is InChI=1S/C19H27NO3/c21-18(19(22)23)9-5-2-1-4-8-16-10-12-17(13-11-16)20-14-6-3-7-15-20/h10-13H,1-9,14-15H2,(H,22,23). The number of piperidine rings is 1. The van der Waals surface area contributed by atoms with Crippen molar-refractivity contribution in [3.8, 4) is 0 Å². The van der Waals surface area contributed by atoms with Gasteiger partial charge in [-0.05, 0) is 56.2 Å². The molecule has 0 atom stereocenters. The van der Waals surface area contributed by atoms with Gasteiger partial charge in [-0.2, -0.15) is 0 Å². The molecule has 0 aliphatic carbocycles. The van der Waals surface area contributed by atoms with E-state index >= 15 is 0 Å². The zero-order chi connectivity index (χ0) is 16.5. The fourth-order valence-electron chi connectivity index (χ4n) is 3.10. The van der Waals surface area contributed by atoms with Crippen LogP contribution in [0.2, 0.25) is 0 Å². The number of carboxylic acids is 1. The maximum atomic E-state index is 11.0. The van der Waals surface area contributed by atoms with E-state index in [0.717, 1.165) is 25.7 Å². The Morgan fingerprint density at radius 2 is 1.57 bits per heavy atom. The van der Waals surface area contributed by atoms with E-state index in [9.17, 15) is 9.59 Å². The molecule has 0 bridgehead atoms. The van der Waals surface area contributed by atoms with Crippen LogP contribution in [0.5, 0.6) is 0 Å². The van der Waals surface area contributed by atoms with E-state index in [0.29, 0.717) is 6.42 Å². The van der Waals surface area contributed by atoms with Crippen molar-refractivity contribution in [1.29, 1.82) is 0 Å². The topological polar surface area (TPSA) is 57.6 Å². The largest absolute Gasteiger partial charge is 0.476 e. The van der Waals surface area contributed by atoms with Gasteiger partial charge in [-0.25, -0.2) is 4.79 Å². The summed E-state index contributed by atoms with van der Waals surface area (Å²) >= 11 is 0. The minimum absolute atomic E-state index is 0.167. The molecule has 1 aliphatic heterocycles. The van der Waals surface area contributed by atoms with E-state index in [1.165, 1.54) is 43.6 Å². The van der Waals surface area contributed by atoms with E-state index in [-0.39, 0.29) is 6.42 Å². The number of rotatable bonds is 9. The molecule has 0 unspecified atom stereocenters. The number of aliphatic carboxylic acids is 1. The molecule has 4 heteroatoms. The summed E-state index contributed by atoms with van der Waals surface area (Å²) in [7, 11) is 0. The lowest BCUT2D eigenvalue weighted by molar-refractivity contribution is -0.149. The number of carbonyl (C=O) groups is 2. The van der Waals surface area contributed by atoms with Gasteiger partial charge in [-0.15, -0.1) is 0 Å². The predicted octanol–water partition coefficient (Wildman–Crippen LogP) is 3.82. The fourth-order valence-corrected chi connectivity index (χ4v) is 3.10. The monoisotopic (exact) mass is 317 g/mol. The highest BCUT2D eigenvalue weighted by atomic mass is 16.4. The van der Waals surface area contributed by atoms with Gasteiger partial charge in [-0.1, -0.05) is 25.0 Å². The molecule has 23 heavy (non-hydrogen) atoms. The highest BCUT2D eigenvalue weighted by Gasteiger charge is 2.11. The Balaban J connectivity index is 1.62. The molecule has 1 aromatic rings. The summed E-state index contributed by atoms with van der Waals surface area (Å²) in [4.78, 5) is 23.8. The molecule has 4 nitrogen and oxygen atoms in total. The van der Waals surface area contributed by atoms with Crippen LogP contribution >= 0.6 is 0 Å². The number of carboxylic acid groups (broad SMARTS) is 1. The number of hydrogen-bond donors (Lipinski definition) is 1. The second-order valence-corrected chi connectivity index (χ2v) is 6.36. The summed E-state index contributed by atoms with van der Waals surface area (Å²) in [6.45, 7) is 2.35. The first-order chi connectivity index (χ1) is 11.2. The number of unbranched alkanes of at least 4 members (excludes halogenated alkanes) is 3. The Hall–Kier alpha value is -1.84. The summed E-state index contributed by atoms with van der Waals surface area (Å²) in [5, 5.41) is 8.50. The molecule has 0 radical (unpaired) electrons. The van der Waals surface area contributed by atoms with Crippen molar-refractivity contribution in [2.45, 2.75) is 57.8 Å². The molecule has 126 valence electrons. The Morgan fingerprint density at radius 1 is 0.913 bits per heavy atom.